The van der Waals surface area contributed by atoms with E-state index in [0.717, 1.165) is 13.1 Å². The van der Waals surface area contributed by atoms with Crippen LogP contribution in [0.1, 0.15) is 19.3 Å². The predicted octanol–water partition coefficient (Wildman–Crippen LogP) is 0.471. The number of amides is 1. The number of carbonyl (C=O) groups is 1. The van der Waals surface area contributed by atoms with Gasteiger partial charge in [-0.2, -0.15) is 0 Å². The molecule has 62 valence electrons. The van der Waals surface area contributed by atoms with E-state index in [-0.39, 0.29) is 5.91 Å². The second-order valence-electron chi connectivity index (χ2n) is 2.81. The molecular weight excluding hydrogens is 140 g/mol. The van der Waals surface area contributed by atoms with Crippen molar-refractivity contribution in [3.63, 3.8) is 0 Å². The van der Waals surface area contributed by atoms with E-state index in [1.807, 2.05) is 0 Å². The van der Waals surface area contributed by atoms with Crippen LogP contribution >= 0.6 is 0 Å². The minimum absolute atomic E-state index is 0.365. The molecule has 0 spiro atoms. The van der Waals surface area contributed by atoms with Crippen LogP contribution in [0.5, 0.6) is 0 Å². The van der Waals surface area contributed by atoms with Gasteiger partial charge in [-0.1, -0.05) is 0 Å². The second-order valence-corrected chi connectivity index (χ2v) is 2.81. The van der Waals surface area contributed by atoms with Crippen LogP contribution in [-0.2, 0) is 4.79 Å². The van der Waals surface area contributed by atoms with Crippen molar-refractivity contribution in [3.8, 4) is 0 Å². The van der Waals surface area contributed by atoms with Gasteiger partial charge in [-0.3, -0.25) is 4.79 Å². The molecule has 11 heavy (non-hydrogen) atoms. The van der Waals surface area contributed by atoms with E-state index in [1.165, 1.54) is 25.3 Å². The van der Waals surface area contributed by atoms with Crippen LogP contribution in [0, 0.1) is 0 Å². The summed E-state index contributed by atoms with van der Waals surface area (Å²) in [5.74, 6) is -0.365. The Bertz CT molecular complexity index is 159. The highest BCUT2D eigenvalue weighted by molar-refractivity contribution is 5.85. The largest absolute Gasteiger partial charge is 0.377 e. The van der Waals surface area contributed by atoms with Crippen molar-refractivity contribution >= 4 is 5.91 Å². The summed E-state index contributed by atoms with van der Waals surface area (Å²) in [5, 5.41) is 0. The fourth-order valence-corrected chi connectivity index (χ4v) is 1.25. The molecule has 3 nitrogen and oxygen atoms in total. The van der Waals surface area contributed by atoms with Gasteiger partial charge >= 0.3 is 0 Å². The van der Waals surface area contributed by atoms with Crippen molar-refractivity contribution in [1.82, 2.24) is 4.90 Å². The smallest absolute Gasteiger partial charge is 0.242 e. The minimum atomic E-state index is -0.365. The molecule has 1 fully saturated rings. The first-order chi connectivity index (χ1) is 5.29. The number of piperidine rings is 1. The Morgan fingerprint density at radius 3 is 2.45 bits per heavy atom. The lowest BCUT2D eigenvalue weighted by atomic mass is 10.1. The van der Waals surface area contributed by atoms with Crippen molar-refractivity contribution in [2.24, 2.45) is 5.73 Å². The molecule has 3 heteroatoms. The molecule has 1 aliphatic rings. The van der Waals surface area contributed by atoms with Gasteiger partial charge < -0.3 is 10.6 Å². The van der Waals surface area contributed by atoms with Crippen molar-refractivity contribution in [3.05, 3.63) is 12.3 Å². The third kappa shape index (κ3) is 3.07. The maximum atomic E-state index is 10.4. The number of nitrogens with zero attached hydrogens (tertiary/aromatic N) is 1. The van der Waals surface area contributed by atoms with Gasteiger partial charge in [0, 0.05) is 25.4 Å². The van der Waals surface area contributed by atoms with E-state index in [9.17, 15) is 4.79 Å². The van der Waals surface area contributed by atoms with Gasteiger partial charge in [-0.15, -0.1) is 0 Å². The topological polar surface area (TPSA) is 46.3 Å². The number of hydrogen-bond acceptors (Lipinski definition) is 2. The van der Waals surface area contributed by atoms with Crippen LogP contribution in [0.2, 0.25) is 0 Å². The summed E-state index contributed by atoms with van der Waals surface area (Å²) in [6, 6.07) is 0. The van der Waals surface area contributed by atoms with Crippen molar-refractivity contribution < 1.29 is 4.79 Å². The summed E-state index contributed by atoms with van der Waals surface area (Å²) < 4.78 is 0. The Labute approximate surface area is 66.9 Å². The molecule has 1 saturated heterocycles. The molecule has 0 atom stereocenters. The van der Waals surface area contributed by atoms with E-state index in [0.29, 0.717) is 0 Å². The first kappa shape index (κ1) is 8.11. The van der Waals surface area contributed by atoms with Gasteiger partial charge in [-0.25, -0.2) is 0 Å². The first-order valence-corrected chi connectivity index (χ1v) is 4.01. The molecular formula is C8H14N2O. The highest BCUT2D eigenvalue weighted by Gasteiger charge is 2.04. The van der Waals surface area contributed by atoms with Crippen molar-refractivity contribution in [2.75, 3.05) is 13.1 Å². The van der Waals surface area contributed by atoms with Gasteiger partial charge in [0.15, 0.2) is 0 Å². The van der Waals surface area contributed by atoms with Gasteiger partial charge in [0.25, 0.3) is 0 Å². The number of primary amides is 1. The number of rotatable bonds is 2. The minimum Gasteiger partial charge on any atom is -0.377 e. The van der Waals surface area contributed by atoms with E-state index < -0.39 is 0 Å². The third-order valence-electron chi connectivity index (χ3n) is 1.84. The van der Waals surface area contributed by atoms with E-state index in [2.05, 4.69) is 4.90 Å². The van der Waals surface area contributed by atoms with Crippen LogP contribution in [-0.4, -0.2) is 23.9 Å². The fourth-order valence-electron chi connectivity index (χ4n) is 1.25. The molecule has 1 rings (SSSR count). The summed E-state index contributed by atoms with van der Waals surface area (Å²) in [5.41, 5.74) is 4.96. The average molecular weight is 154 g/mol. The number of likely N-dealkylation sites (tertiary alicyclic amines) is 1. The Hall–Kier alpha value is -0.990. The van der Waals surface area contributed by atoms with Gasteiger partial charge in [0.1, 0.15) is 0 Å². The lowest BCUT2D eigenvalue weighted by Gasteiger charge is -2.24. The molecule has 0 saturated carbocycles. The molecule has 0 aromatic heterocycles. The summed E-state index contributed by atoms with van der Waals surface area (Å²) in [6.45, 7) is 2.12. The Kier molecular flexibility index (Phi) is 2.95. The first-order valence-electron chi connectivity index (χ1n) is 4.01. The van der Waals surface area contributed by atoms with E-state index >= 15 is 0 Å². The molecule has 1 heterocycles. The lowest BCUT2D eigenvalue weighted by Crippen LogP contribution is -2.24. The van der Waals surface area contributed by atoms with Gasteiger partial charge in [0.05, 0.1) is 0 Å². The highest BCUT2D eigenvalue weighted by Crippen LogP contribution is 2.08. The maximum Gasteiger partial charge on any atom is 0.242 e. The van der Waals surface area contributed by atoms with Crippen LogP contribution in [0.3, 0.4) is 0 Å². The lowest BCUT2D eigenvalue weighted by molar-refractivity contribution is -0.113. The van der Waals surface area contributed by atoms with E-state index in [1.54, 1.807) is 6.20 Å². The monoisotopic (exact) mass is 154 g/mol. The molecule has 0 aliphatic carbocycles. The number of carbonyl (C=O) groups excluding carboxylic acids is 1. The van der Waals surface area contributed by atoms with Crippen LogP contribution < -0.4 is 5.73 Å². The summed E-state index contributed by atoms with van der Waals surface area (Å²) in [6.07, 6.45) is 6.97. The highest BCUT2D eigenvalue weighted by atomic mass is 16.1. The second kappa shape index (κ2) is 4.01. The van der Waals surface area contributed by atoms with Crippen molar-refractivity contribution in [1.29, 1.82) is 0 Å². The zero-order valence-corrected chi connectivity index (χ0v) is 6.62. The zero-order valence-electron chi connectivity index (χ0n) is 6.62. The fraction of sp³-hybridized carbons (Fsp3) is 0.625. The summed E-state index contributed by atoms with van der Waals surface area (Å²) >= 11 is 0. The molecule has 0 unspecified atom stereocenters. The Balaban J connectivity index is 2.29. The van der Waals surface area contributed by atoms with Gasteiger partial charge in [-0.05, 0) is 19.3 Å². The maximum absolute atomic E-state index is 10.4. The summed E-state index contributed by atoms with van der Waals surface area (Å²) in [4.78, 5) is 12.5. The SMILES string of the molecule is NC(=O)/C=C/N1CCCCC1. The molecule has 0 radical (unpaired) electrons. The normalized spacial score (nSPS) is 19.1. The zero-order chi connectivity index (χ0) is 8.10. The van der Waals surface area contributed by atoms with Crippen LogP contribution in [0.4, 0.5) is 0 Å². The Morgan fingerprint density at radius 1 is 1.27 bits per heavy atom. The van der Waals surface area contributed by atoms with Gasteiger partial charge in [0.2, 0.25) is 5.91 Å². The standard InChI is InChI=1S/C8H14N2O/c9-8(11)4-7-10-5-2-1-3-6-10/h4,7H,1-3,5-6H2,(H2,9,11)/b7-4+. The van der Waals surface area contributed by atoms with Crippen LogP contribution in [0.25, 0.3) is 0 Å². The molecule has 1 aliphatic heterocycles. The third-order valence-corrected chi connectivity index (χ3v) is 1.84. The van der Waals surface area contributed by atoms with Crippen molar-refractivity contribution in [2.45, 2.75) is 19.3 Å². The molecule has 2 N–H and O–H groups in total. The average Bonchev–Trinajstić information content (AvgIpc) is 2.03. The quantitative estimate of drug-likeness (QED) is 0.588. The van der Waals surface area contributed by atoms with Crippen LogP contribution in [0.15, 0.2) is 12.3 Å². The molecule has 1 amide bonds. The van der Waals surface area contributed by atoms with E-state index in [4.69, 9.17) is 5.73 Å². The molecule has 0 bridgehead atoms. The molecule has 0 aromatic rings. The number of hydrogen-bond donors (Lipinski definition) is 1. The Morgan fingerprint density at radius 2 is 1.91 bits per heavy atom. The summed E-state index contributed by atoms with van der Waals surface area (Å²) in [7, 11) is 0. The molecule has 0 aromatic carbocycles. The number of nitrogens with two attached hydrogens (primary N) is 1. The predicted molar refractivity (Wildman–Crippen MR) is 43.8 cm³/mol.